The number of rotatable bonds is 6. The molecule has 6 nitrogen and oxygen atoms in total. The Bertz CT molecular complexity index is 490. The molecule has 0 radical (unpaired) electrons. The van der Waals surface area contributed by atoms with E-state index in [1.807, 2.05) is 10.6 Å². The lowest BCUT2D eigenvalue weighted by molar-refractivity contribution is 0.0880. The number of hydrogen-bond donors (Lipinski definition) is 2. The van der Waals surface area contributed by atoms with Crippen LogP contribution in [0.3, 0.4) is 0 Å². The van der Waals surface area contributed by atoms with Crippen molar-refractivity contribution in [3.8, 4) is 0 Å². The highest BCUT2D eigenvalue weighted by molar-refractivity contribution is 5.97. The molecule has 2 amide bonds. The van der Waals surface area contributed by atoms with Gasteiger partial charge in [0.25, 0.3) is 24.7 Å². The quantitative estimate of drug-likeness (QED) is 0.747. The van der Waals surface area contributed by atoms with Gasteiger partial charge in [0, 0.05) is 13.1 Å². The van der Waals surface area contributed by atoms with Crippen LogP contribution in [0, 0.1) is 0 Å². The summed E-state index contributed by atoms with van der Waals surface area (Å²) >= 11 is 0. The van der Waals surface area contributed by atoms with Gasteiger partial charge in [0.2, 0.25) is 0 Å². The molecule has 0 saturated carbocycles. The summed E-state index contributed by atoms with van der Waals surface area (Å²) in [7, 11) is 1.32. The third-order valence-corrected chi connectivity index (χ3v) is 2.18. The maximum atomic E-state index is 11.9. The van der Waals surface area contributed by atoms with E-state index in [1.165, 1.54) is 7.05 Å². The van der Waals surface area contributed by atoms with Crippen LogP contribution >= 0.6 is 0 Å². The molecule has 1 heterocycles. The zero-order valence-corrected chi connectivity index (χ0v) is 10.4. The molecule has 0 aliphatic heterocycles. The summed E-state index contributed by atoms with van der Waals surface area (Å²) in [5.41, 5.74) is -0.386. The van der Waals surface area contributed by atoms with Crippen molar-refractivity contribution in [1.29, 1.82) is 0 Å². The van der Waals surface area contributed by atoms with E-state index in [0.717, 1.165) is 10.7 Å². The average molecular weight is 296 g/mol. The molecule has 2 N–H and O–H groups in total. The lowest BCUT2D eigenvalue weighted by Crippen LogP contribution is -2.30. The van der Waals surface area contributed by atoms with Gasteiger partial charge in [0.15, 0.2) is 5.69 Å². The summed E-state index contributed by atoms with van der Waals surface area (Å²) < 4.78 is 48.7. The van der Waals surface area contributed by atoms with Gasteiger partial charge in [-0.05, 0) is 0 Å². The highest BCUT2D eigenvalue weighted by Crippen LogP contribution is 2.04. The van der Waals surface area contributed by atoms with E-state index in [9.17, 15) is 27.2 Å². The normalized spacial score (nSPS) is 10.9. The number of alkyl halides is 4. The molecule has 0 aliphatic rings. The minimum Gasteiger partial charge on any atom is -0.345 e. The second-order valence-electron chi connectivity index (χ2n) is 3.74. The molecule has 0 aromatic carbocycles. The van der Waals surface area contributed by atoms with Crippen molar-refractivity contribution < 1.29 is 27.2 Å². The van der Waals surface area contributed by atoms with Crippen LogP contribution in [-0.2, 0) is 7.05 Å². The van der Waals surface area contributed by atoms with Crippen LogP contribution in [0.25, 0.3) is 0 Å². The van der Waals surface area contributed by atoms with Gasteiger partial charge in [0.05, 0.1) is 13.1 Å². The van der Waals surface area contributed by atoms with Crippen molar-refractivity contribution in [2.45, 2.75) is 12.9 Å². The monoisotopic (exact) mass is 296 g/mol. The Morgan fingerprint density at radius 1 is 1.15 bits per heavy atom. The predicted octanol–water partition coefficient (Wildman–Crippen LogP) is 0.410. The topological polar surface area (TPSA) is 76.0 Å². The summed E-state index contributed by atoms with van der Waals surface area (Å²) in [6, 6.07) is 1.03. The molecule has 10 heteroatoms. The van der Waals surface area contributed by atoms with Gasteiger partial charge in [-0.1, -0.05) is 0 Å². The van der Waals surface area contributed by atoms with Gasteiger partial charge in [-0.15, -0.1) is 0 Å². The summed E-state index contributed by atoms with van der Waals surface area (Å²) in [5, 5.41) is 7.50. The molecular formula is C10H12F4N4O2. The zero-order chi connectivity index (χ0) is 15.3. The van der Waals surface area contributed by atoms with Crippen LogP contribution in [0.2, 0.25) is 0 Å². The number of aromatic nitrogens is 2. The van der Waals surface area contributed by atoms with Gasteiger partial charge in [-0.2, -0.15) is 5.10 Å². The van der Waals surface area contributed by atoms with Crippen molar-refractivity contribution in [3.05, 3.63) is 17.5 Å². The second kappa shape index (κ2) is 6.87. The molecule has 0 fully saturated rings. The number of nitrogens with one attached hydrogen (secondary N) is 2. The van der Waals surface area contributed by atoms with E-state index in [-0.39, 0.29) is 11.4 Å². The molecule has 0 bridgehead atoms. The Balaban J connectivity index is 2.71. The van der Waals surface area contributed by atoms with Crippen LogP contribution in [0.1, 0.15) is 21.0 Å². The van der Waals surface area contributed by atoms with Gasteiger partial charge < -0.3 is 10.6 Å². The molecule has 0 atom stereocenters. The average Bonchev–Trinajstić information content (AvgIpc) is 2.75. The van der Waals surface area contributed by atoms with Crippen LogP contribution in [0.15, 0.2) is 6.07 Å². The number of amides is 2. The first-order valence-corrected chi connectivity index (χ1v) is 5.48. The lowest BCUT2D eigenvalue weighted by atomic mass is 10.3. The zero-order valence-electron chi connectivity index (χ0n) is 10.4. The molecule has 0 saturated heterocycles. The second-order valence-corrected chi connectivity index (χ2v) is 3.74. The number of hydrogen-bond acceptors (Lipinski definition) is 3. The third kappa shape index (κ3) is 4.52. The molecule has 20 heavy (non-hydrogen) atoms. The molecule has 0 spiro atoms. The van der Waals surface area contributed by atoms with Crippen molar-refractivity contribution in [2.24, 2.45) is 7.05 Å². The fourth-order valence-electron chi connectivity index (χ4n) is 1.31. The molecule has 112 valence electrons. The summed E-state index contributed by atoms with van der Waals surface area (Å²) in [4.78, 5) is 22.9. The Morgan fingerprint density at radius 2 is 1.65 bits per heavy atom. The highest BCUT2D eigenvalue weighted by Gasteiger charge is 2.18. The van der Waals surface area contributed by atoms with Crippen molar-refractivity contribution in [2.75, 3.05) is 13.1 Å². The van der Waals surface area contributed by atoms with Gasteiger partial charge in [0.1, 0.15) is 5.69 Å². The van der Waals surface area contributed by atoms with E-state index in [1.54, 1.807) is 0 Å². The minimum absolute atomic E-state index is 0.132. The Labute approximate surface area is 111 Å². The fraction of sp³-hybridized carbons (Fsp3) is 0.500. The standard InChI is InChI=1S/C10H12F4N4O2/c1-18-6(10(20)16-4-8(13)14)2-5(17-18)9(19)15-3-7(11)12/h2,7-8H,3-4H2,1H3,(H,15,19)(H,16,20). The van der Waals surface area contributed by atoms with E-state index in [0.29, 0.717) is 0 Å². The number of nitrogens with zero attached hydrogens (tertiary/aromatic N) is 2. The van der Waals surface area contributed by atoms with Crippen LogP contribution in [0.5, 0.6) is 0 Å². The van der Waals surface area contributed by atoms with E-state index in [4.69, 9.17) is 0 Å². The first kappa shape index (κ1) is 15.9. The molecular weight excluding hydrogens is 284 g/mol. The van der Waals surface area contributed by atoms with Crippen LogP contribution in [0.4, 0.5) is 17.6 Å². The molecule has 1 rings (SSSR count). The molecule has 1 aromatic rings. The highest BCUT2D eigenvalue weighted by atomic mass is 19.3. The predicted molar refractivity (Wildman–Crippen MR) is 59.9 cm³/mol. The summed E-state index contributed by atoms with van der Waals surface area (Å²) in [6.07, 6.45) is -5.42. The van der Waals surface area contributed by atoms with Gasteiger partial charge in [-0.3, -0.25) is 14.3 Å². The van der Waals surface area contributed by atoms with Crippen molar-refractivity contribution >= 4 is 11.8 Å². The van der Waals surface area contributed by atoms with Gasteiger partial charge >= 0.3 is 0 Å². The van der Waals surface area contributed by atoms with Crippen LogP contribution in [-0.4, -0.2) is 47.5 Å². The van der Waals surface area contributed by atoms with Crippen molar-refractivity contribution in [3.63, 3.8) is 0 Å². The lowest BCUT2D eigenvalue weighted by Gasteiger charge is -2.03. The number of carbonyl (C=O) groups is 2. The Hall–Kier alpha value is -2.13. The Kier molecular flexibility index (Phi) is 5.47. The fourth-order valence-corrected chi connectivity index (χ4v) is 1.31. The first-order valence-electron chi connectivity index (χ1n) is 5.48. The summed E-state index contributed by atoms with van der Waals surface area (Å²) in [5.74, 6) is -1.72. The summed E-state index contributed by atoms with van der Waals surface area (Å²) in [6.45, 7) is -1.68. The van der Waals surface area contributed by atoms with E-state index in [2.05, 4.69) is 5.10 Å². The van der Waals surface area contributed by atoms with Crippen LogP contribution < -0.4 is 10.6 Å². The molecule has 0 aliphatic carbocycles. The smallest absolute Gasteiger partial charge is 0.271 e. The number of halogens is 4. The van der Waals surface area contributed by atoms with E-state index >= 15 is 0 Å². The SMILES string of the molecule is Cn1nc(C(=O)NCC(F)F)cc1C(=O)NCC(F)F. The number of carbonyl (C=O) groups excluding carboxylic acids is 2. The van der Waals surface area contributed by atoms with E-state index < -0.39 is 37.8 Å². The Morgan fingerprint density at radius 3 is 2.15 bits per heavy atom. The minimum atomic E-state index is -2.71. The first-order chi connectivity index (χ1) is 9.31. The maximum absolute atomic E-state index is 11.9. The third-order valence-electron chi connectivity index (χ3n) is 2.18. The van der Waals surface area contributed by atoms with Gasteiger partial charge in [-0.25, -0.2) is 17.6 Å². The molecule has 0 unspecified atom stereocenters. The number of aryl methyl sites for hydroxylation is 1. The maximum Gasteiger partial charge on any atom is 0.271 e. The molecule has 1 aromatic heterocycles. The largest absolute Gasteiger partial charge is 0.345 e. The van der Waals surface area contributed by atoms with Crippen molar-refractivity contribution in [1.82, 2.24) is 20.4 Å².